The number of benzene rings is 1. The first-order chi connectivity index (χ1) is 8.56. The maximum absolute atomic E-state index is 4.16. The zero-order valence-corrected chi connectivity index (χ0v) is 13.5. The smallest absolute Gasteiger partial charge is 0.0534 e. The molecule has 1 unspecified atom stereocenters. The minimum Gasteiger partial charge on any atom is -0.306 e. The van der Waals surface area contributed by atoms with E-state index in [1.54, 1.807) is 0 Å². The van der Waals surface area contributed by atoms with E-state index in [0.29, 0.717) is 0 Å². The van der Waals surface area contributed by atoms with Crippen LogP contribution in [-0.4, -0.2) is 9.78 Å². The molecule has 18 heavy (non-hydrogen) atoms. The number of aryl methyl sites for hydroxylation is 1. The van der Waals surface area contributed by atoms with Crippen LogP contribution >= 0.6 is 31.9 Å². The van der Waals surface area contributed by atoms with Gasteiger partial charge in [-0.15, -0.1) is 0 Å². The van der Waals surface area contributed by atoms with Gasteiger partial charge in [-0.1, -0.05) is 37.9 Å². The van der Waals surface area contributed by atoms with Crippen molar-refractivity contribution in [2.75, 3.05) is 0 Å². The van der Waals surface area contributed by atoms with Gasteiger partial charge in [-0.05, 0) is 24.6 Å². The number of hydrogen-bond donors (Lipinski definition) is 1. The number of nitrogens with zero attached hydrogens (tertiary/aromatic N) is 2. The van der Waals surface area contributed by atoms with Gasteiger partial charge < -0.3 is 5.32 Å². The molecule has 0 saturated carbocycles. The Morgan fingerprint density at radius 1 is 1.39 bits per heavy atom. The van der Waals surface area contributed by atoms with Crippen molar-refractivity contribution in [2.24, 2.45) is 7.05 Å². The Hall–Kier alpha value is -0.650. The highest BCUT2D eigenvalue weighted by molar-refractivity contribution is 9.11. The summed E-state index contributed by atoms with van der Waals surface area (Å²) in [6, 6.07) is 6.53. The standard InChI is InChI=1S/C13H15Br2N3/c1-9(12-4-3-11(14)5-13(12)15)16-6-10-7-17-18(2)8-10/h3-5,7-9,16H,6H2,1-2H3. The highest BCUT2D eigenvalue weighted by Gasteiger charge is 2.09. The van der Waals surface area contributed by atoms with Crippen LogP contribution in [-0.2, 0) is 13.6 Å². The van der Waals surface area contributed by atoms with Crippen LogP contribution in [0.3, 0.4) is 0 Å². The molecule has 0 aliphatic heterocycles. The van der Waals surface area contributed by atoms with Crippen molar-refractivity contribution >= 4 is 31.9 Å². The molecule has 1 atom stereocenters. The zero-order chi connectivity index (χ0) is 13.1. The van der Waals surface area contributed by atoms with Gasteiger partial charge in [0.1, 0.15) is 0 Å². The highest BCUT2D eigenvalue weighted by Crippen LogP contribution is 2.26. The van der Waals surface area contributed by atoms with Crippen LogP contribution in [0, 0.1) is 0 Å². The summed E-state index contributed by atoms with van der Waals surface area (Å²) in [6.45, 7) is 2.97. The van der Waals surface area contributed by atoms with E-state index in [0.717, 1.165) is 15.5 Å². The van der Waals surface area contributed by atoms with Gasteiger partial charge >= 0.3 is 0 Å². The summed E-state index contributed by atoms with van der Waals surface area (Å²) in [5, 5.41) is 7.65. The van der Waals surface area contributed by atoms with E-state index in [-0.39, 0.29) is 6.04 Å². The van der Waals surface area contributed by atoms with Crippen LogP contribution in [0.2, 0.25) is 0 Å². The molecule has 1 heterocycles. The quantitative estimate of drug-likeness (QED) is 0.884. The van der Waals surface area contributed by atoms with Gasteiger partial charge in [-0.3, -0.25) is 4.68 Å². The number of rotatable bonds is 4. The van der Waals surface area contributed by atoms with E-state index in [4.69, 9.17) is 0 Å². The Morgan fingerprint density at radius 2 is 2.17 bits per heavy atom. The van der Waals surface area contributed by atoms with Crippen molar-refractivity contribution < 1.29 is 0 Å². The molecule has 96 valence electrons. The first kappa shape index (κ1) is 13.8. The first-order valence-electron chi connectivity index (χ1n) is 5.72. The summed E-state index contributed by atoms with van der Waals surface area (Å²) in [5.41, 5.74) is 2.44. The lowest BCUT2D eigenvalue weighted by molar-refractivity contribution is 0.572. The van der Waals surface area contributed by atoms with E-state index in [1.807, 2.05) is 24.1 Å². The largest absolute Gasteiger partial charge is 0.306 e. The summed E-state index contributed by atoms with van der Waals surface area (Å²) in [4.78, 5) is 0. The third-order valence-electron chi connectivity index (χ3n) is 2.80. The van der Waals surface area contributed by atoms with E-state index < -0.39 is 0 Å². The van der Waals surface area contributed by atoms with Gasteiger partial charge in [0.25, 0.3) is 0 Å². The molecule has 3 nitrogen and oxygen atoms in total. The second-order valence-electron chi connectivity index (χ2n) is 4.29. The average molecular weight is 373 g/mol. The van der Waals surface area contributed by atoms with Gasteiger partial charge in [0.05, 0.1) is 6.20 Å². The second kappa shape index (κ2) is 5.99. The van der Waals surface area contributed by atoms with Crippen LogP contribution in [0.25, 0.3) is 0 Å². The van der Waals surface area contributed by atoms with Gasteiger partial charge in [0.15, 0.2) is 0 Å². The molecule has 2 rings (SSSR count). The summed E-state index contributed by atoms with van der Waals surface area (Å²) >= 11 is 7.05. The number of hydrogen-bond acceptors (Lipinski definition) is 2. The molecule has 5 heteroatoms. The van der Waals surface area contributed by atoms with Crippen LogP contribution < -0.4 is 5.32 Å². The van der Waals surface area contributed by atoms with Crippen LogP contribution in [0.5, 0.6) is 0 Å². The Balaban J connectivity index is 2.01. The lowest BCUT2D eigenvalue weighted by Gasteiger charge is -2.15. The highest BCUT2D eigenvalue weighted by atomic mass is 79.9. The molecule has 0 aliphatic rings. The van der Waals surface area contributed by atoms with E-state index in [2.05, 4.69) is 67.4 Å². The van der Waals surface area contributed by atoms with Crippen LogP contribution in [0.4, 0.5) is 0 Å². The molecule has 1 N–H and O–H groups in total. The summed E-state index contributed by atoms with van der Waals surface area (Å²) < 4.78 is 4.01. The van der Waals surface area contributed by atoms with Crippen LogP contribution in [0.15, 0.2) is 39.5 Å². The number of halogens is 2. The van der Waals surface area contributed by atoms with E-state index >= 15 is 0 Å². The molecule has 1 aromatic heterocycles. The minimum absolute atomic E-state index is 0.285. The molecule has 0 fully saturated rings. The van der Waals surface area contributed by atoms with Gasteiger partial charge in [-0.25, -0.2) is 0 Å². The monoisotopic (exact) mass is 371 g/mol. The fraction of sp³-hybridized carbons (Fsp3) is 0.308. The SMILES string of the molecule is CC(NCc1cnn(C)c1)c1ccc(Br)cc1Br. The van der Waals surface area contributed by atoms with Gasteiger partial charge in [0.2, 0.25) is 0 Å². The molecular formula is C13H15Br2N3. The zero-order valence-electron chi connectivity index (χ0n) is 10.3. The van der Waals surface area contributed by atoms with Gasteiger partial charge in [-0.2, -0.15) is 5.10 Å². The topological polar surface area (TPSA) is 29.9 Å². The van der Waals surface area contributed by atoms with Crippen molar-refractivity contribution in [3.8, 4) is 0 Å². The van der Waals surface area contributed by atoms with Crippen molar-refractivity contribution in [2.45, 2.75) is 19.5 Å². The third-order valence-corrected chi connectivity index (χ3v) is 3.98. The fourth-order valence-corrected chi connectivity index (χ4v) is 3.19. The van der Waals surface area contributed by atoms with E-state index in [9.17, 15) is 0 Å². The molecule has 0 saturated heterocycles. The summed E-state index contributed by atoms with van der Waals surface area (Å²) in [6.07, 6.45) is 3.91. The molecule has 0 aliphatic carbocycles. The minimum atomic E-state index is 0.285. The van der Waals surface area contributed by atoms with Crippen molar-refractivity contribution in [1.29, 1.82) is 0 Å². The number of nitrogens with one attached hydrogen (secondary N) is 1. The Kier molecular flexibility index (Phi) is 4.59. The Labute approximate surface area is 124 Å². The second-order valence-corrected chi connectivity index (χ2v) is 6.06. The molecule has 0 spiro atoms. The summed E-state index contributed by atoms with van der Waals surface area (Å²) in [5.74, 6) is 0. The maximum Gasteiger partial charge on any atom is 0.0534 e. The Morgan fingerprint density at radius 3 is 2.78 bits per heavy atom. The maximum atomic E-state index is 4.16. The third kappa shape index (κ3) is 3.43. The average Bonchev–Trinajstić information content (AvgIpc) is 2.72. The van der Waals surface area contributed by atoms with Crippen molar-refractivity contribution in [3.05, 3.63) is 50.7 Å². The normalized spacial score (nSPS) is 12.7. The predicted molar refractivity (Wildman–Crippen MR) is 80.3 cm³/mol. The number of aromatic nitrogens is 2. The molecule has 1 aromatic carbocycles. The molecule has 0 bridgehead atoms. The van der Waals surface area contributed by atoms with Crippen molar-refractivity contribution in [3.63, 3.8) is 0 Å². The van der Waals surface area contributed by atoms with E-state index in [1.165, 1.54) is 11.1 Å². The Bertz CT molecular complexity index is 537. The van der Waals surface area contributed by atoms with Crippen molar-refractivity contribution in [1.82, 2.24) is 15.1 Å². The molecular weight excluding hydrogens is 358 g/mol. The fourth-order valence-electron chi connectivity index (χ4n) is 1.80. The molecule has 0 radical (unpaired) electrons. The predicted octanol–water partition coefficient (Wildman–Crippen LogP) is 3.80. The summed E-state index contributed by atoms with van der Waals surface area (Å²) in [7, 11) is 1.93. The molecule has 2 aromatic rings. The van der Waals surface area contributed by atoms with Gasteiger partial charge in [0, 0.05) is 40.3 Å². The lowest BCUT2D eigenvalue weighted by atomic mass is 10.1. The van der Waals surface area contributed by atoms with Crippen LogP contribution in [0.1, 0.15) is 24.1 Å². The first-order valence-corrected chi connectivity index (χ1v) is 7.30. The molecule has 0 amide bonds. The lowest BCUT2D eigenvalue weighted by Crippen LogP contribution is -2.18.